The highest BCUT2D eigenvalue weighted by Gasteiger charge is 2.40. The number of hydrogen-bond acceptors (Lipinski definition) is 14. The number of nitrogens with zero attached hydrogens (tertiary/aromatic N) is 3. The summed E-state index contributed by atoms with van der Waals surface area (Å²) in [6, 6.07) is 26.2. The lowest BCUT2D eigenvalue weighted by atomic mass is 9.94. The van der Waals surface area contributed by atoms with Gasteiger partial charge in [0, 0.05) is 78.2 Å². The minimum atomic E-state index is -4.48. The fourth-order valence-corrected chi connectivity index (χ4v) is 12.2. The minimum Gasteiger partial charge on any atom is -0.460 e. The summed E-state index contributed by atoms with van der Waals surface area (Å²) in [5.41, 5.74) is 5.91. The second-order valence-electron chi connectivity index (χ2n) is 26.3. The zero-order valence-electron chi connectivity index (χ0n) is 55.7. The number of hydrogen-bond donors (Lipinski definition) is 1. The first-order chi connectivity index (χ1) is 43.5. The van der Waals surface area contributed by atoms with E-state index in [9.17, 15) is 48.8 Å². The highest BCUT2D eigenvalue weighted by Crippen LogP contribution is 2.44. The maximum Gasteiger partial charge on any atom is 0.350 e. The van der Waals surface area contributed by atoms with Gasteiger partial charge in [0.15, 0.2) is 11.6 Å². The van der Waals surface area contributed by atoms with Crippen LogP contribution in [-0.4, -0.2) is 106 Å². The van der Waals surface area contributed by atoms with Crippen molar-refractivity contribution < 1.29 is 82.0 Å². The Labute approximate surface area is 572 Å². The Bertz CT molecular complexity index is 3910. The molecular formula is C69H86BCl2F4N4O14S2. The van der Waals surface area contributed by atoms with E-state index >= 15 is 0 Å². The molecule has 0 bridgehead atoms. The number of carbonyl (C=O) groups excluding carboxylic acids is 4. The Balaban J connectivity index is 0.000000367. The molecule has 4 aromatic carbocycles. The predicted octanol–water partition coefficient (Wildman–Crippen LogP) is 15.8. The van der Waals surface area contributed by atoms with Crippen molar-refractivity contribution in [3.63, 3.8) is 0 Å². The normalized spacial score (nSPS) is 17.6. The summed E-state index contributed by atoms with van der Waals surface area (Å²) in [6.45, 7) is 27.1. The van der Waals surface area contributed by atoms with Gasteiger partial charge in [0.1, 0.15) is 34.5 Å². The molecular weight excluding hydrogens is 1330 g/mol. The first-order valence-electron chi connectivity index (χ1n) is 30.5. The summed E-state index contributed by atoms with van der Waals surface area (Å²) >= 11 is 0. The van der Waals surface area contributed by atoms with Crippen LogP contribution in [0.15, 0.2) is 108 Å². The maximum absolute atomic E-state index is 14.1. The molecule has 1 N–H and O–H groups in total. The van der Waals surface area contributed by atoms with Crippen LogP contribution in [0, 0.1) is 23.3 Å². The van der Waals surface area contributed by atoms with Crippen molar-refractivity contribution in [3.8, 4) is 44.8 Å². The Morgan fingerprint density at radius 1 is 0.604 bits per heavy atom. The molecule has 0 unspecified atom stereocenters. The molecule has 2 aliphatic rings. The number of benzene rings is 4. The SMILES string of the molecule is C.CC(C)c1c(C(=O)NS(=O)(=O)Cl)c(-c2ccc(F)cc2)c(-c2ccc(F)cc2)n1CC[C@@H]1C[C@H](CC(=O)OC(C)(C)C)OC(C)(C)O1.CC(C)c1cc(-c2ccc(F)cc2)c(-c2ccc(F)cc2)n1CC[C@@H]1C[C@H](CC(=O)OC(C)(C)C)OC(C)(C)O1.O=C=NS(=O)(=O)Cl.[B]. The summed E-state index contributed by atoms with van der Waals surface area (Å²) in [6.07, 6.45) is 1.68. The number of amides is 1. The van der Waals surface area contributed by atoms with E-state index in [0.717, 1.165) is 34.2 Å². The van der Waals surface area contributed by atoms with E-state index in [1.165, 1.54) is 60.7 Å². The highest BCUT2D eigenvalue weighted by atomic mass is 35.7. The summed E-state index contributed by atoms with van der Waals surface area (Å²) < 4.78 is 143. The third kappa shape index (κ3) is 24.7. The van der Waals surface area contributed by atoms with Gasteiger partial charge in [-0.05, 0) is 195 Å². The first-order valence-corrected chi connectivity index (χ1v) is 35.1. The second kappa shape index (κ2) is 33.7. The Morgan fingerprint density at radius 3 is 1.31 bits per heavy atom. The smallest absolute Gasteiger partial charge is 0.350 e. The molecule has 0 saturated carbocycles. The van der Waals surface area contributed by atoms with E-state index in [1.54, 1.807) is 71.0 Å². The van der Waals surface area contributed by atoms with Gasteiger partial charge in [0.2, 0.25) is 0 Å². The van der Waals surface area contributed by atoms with Crippen LogP contribution < -0.4 is 4.72 Å². The van der Waals surface area contributed by atoms with E-state index in [-0.39, 0.29) is 94.5 Å². The molecule has 0 aliphatic carbocycles. The number of nitrogens with one attached hydrogen (secondary N) is 1. The van der Waals surface area contributed by atoms with Crippen molar-refractivity contribution in [2.24, 2.45) is 4.40 Å². The summed E-state index contributed by atoms with van der Waals surface area (Å²) in [7, 11) is 1.36. The van der Waals surface area contributed by atoms with Gasteiger partial charge in [-0.15, -0.1) is 0 Å². The lowest BCUT2D eigenvalue weighted by molar-refractivity contribution is -0.301. The number of aromatic nitrogens is 2. The van der Waals surface area contributed by atoms with Gasteiger partial charge in [0.25, 0.3) is 12.0 Å². The van der Waals surface area contributed by atoms with Gasteiger partial charge >= 0.3 is 30.4 Å². The molecule has 523 valence electrons. The quantitative estimate of drug-likeness (QED) is 0.0199. The minimum absolute atomic E-state index is 0. The van der Waals surface area contributed by atoms with Crippen LogP contribution in [0.1, 0.15) is 176 Å². The van der Waals surface area contributed by atoms with Crippen LogP contribution in [0.3, 0.4) is 0 Å². The van der Waals surface area contributed by atoms with Crippen LogP contribution in [0.2, 0.25) is 0 Å². The molecule has 2 saturated heterocycles. The Hall–Kier alpha value is -6.67. The monoisotopic (exact) mass is 1420 g/mol. The molecule has 2 aliphatic heterocycles. The van der Waals surface area contributed by atoms with E-state index in [0.29, 0.717) is 60.3 Å². The summed E-state index contributed by atoms with van der Waals surface area (Å²) in [5.74, 6) is -5.19. The molecule has 2 aromatic heterocycles. The zero-order valence-corrected chi connectivity index (χ0v) is 58.8. The van der Waals surface area contributed by atoms with Crippen molar-refractivity contribution in [3.05, 3.63) is 143 Å². The molecule has 2 fully saturated rings. The Kier molecular flexibility index (Phi) is 28.7. The van der Waals surface area contributed by atoms with Gasteiger partial charge in [-0.3, -0.25) is 14.4 Å². The molecule has 6 aromatic rings. The van der Waals surface area contributed by atoms with Crippen LogP contribution in [0.25, 0.3) is 44.8 Å². The fourth-order valence-electron chi connectivity index (χ4n) is 11.5. The average molecular weight is 1420 g/mol. The van der Waals surface area contributed by atoms with Crippen molar-refractivity contribution in [2.45, 2.75) is 215 Å². The van der Waals surface area contributed by atoms with E-state index in [4.69, 9.17) is 43.9 Å². The van der Waals surface area contributed by atoms with Gasteiger partial charge in [0.05, 0.1) is 54.2 Å². The standard InChI is InChI=1S/C34H41ClF2N2O7S.C33H41F2NO4.CClNO3S.CH4.B/c1-20(2)30-29(32(41)38-47(35,42)43)28(21-8-12-23(36)13-9-21)31(22-10-14-24(37)15-11-22)39(30)17-16-25-18-26(45-34(6,7)44-25)19-27(40)46-33(3,4)5;1-21(2)29-20-28(22-8-12-24(34)13-9-22)31(23-10-14-25(35)15-11-23)36(29)17-16-26-18-27(39-33(6,7)38-26)19-30(37)40-32(3,4)5;2-7(5,6)3-1-4;;/h8-15,20,25-26H,16-19H2,1-7H3,(H,38,41);8-15,20-21,26-27H,16-19H2,1-7H3;;1H4;/t25-,26-;26-,27-;;;/m11.../s1. The highest BCUT2D eigenvalue weighted by molar-refractivity contribution is 8.13. The summed E-state index contributed by atoms with van der Waals surface area (Å²) in [4.78, 5) is 48.0. The molecule has 27 heteroatoms. The fraction of sp³-hybridized carbons (Fsp3) is 0.478. The van der Waals surface area contributed by atoms with Crippen LogP contribution >= 0.6 is 21.4 Å². The topological polar surface area (TPSA) is 226 Å². The molecule has 3 radical (unpaired) electrons. The van der Waals surface area contributed by atoms with Gasteiger partial charge in [-0.1, -0.05) is 63.8 Å². The average Bonchev–Trinajstić information content (AvgIpc) is 1.59. The molecule has 18 nitrogen and oxygen atoms in total. The molecule has 4 heterocycles. The third-order valence-corrected chi connectivity index (χ3v) is 15.7. The van der Waals surface area contributed by atoms with Crippen molar-refractivity contribution >= 4 is 72.2 Å². The summed E-state index contributed by atoms with van der Waals surface area (Å²) in [5, 5.41) is 0. The van der Waals surface area contributed by atoms with Crippen molar-refractivity contribution in [2.75, 3.05) is 0 Å². The van der Waals surface area contributed by atoms with Crippen LogP contribution in [0.5, 0.6) is 0 Å². The lowest BCUT2D eigenvalue weighted by Crippen LogP contribution is -2.46. The molecule has 8 rings (SSSR count). The maximum atomic E-state index is 14.1. The predicted molar refractivity (Wildman–Crippen MR) is 363 cm³/mol. The van der Waals surface area contributed by atoms with Crippen LogP contribution in [0.4, 0.5) is 17.6 Å². The van der Waals surface area contributed by atoms with Crippen molar-refractivity contribution in [1.29, 1.82) is 0 Å². The number of rotatable bonds is 19. The van der Waals surface area contributed by atoms with Crippen LogP contribution in [-0.2, 0) is 74.4 Å². The molecule has 4 atom stereocenters. The van der Waals surface area contributed by atoms with Gasteiger partial charge in [-0.25, -0.2) is 27.1 Å². The third-order valence-electron chi connectivity index (χ3n) is 14.5. The second-order valence-corrected chi connectivity index (χ2v) is 30.8. The number of halogens is 6. The van der Waals surface area contributed by atoms with E-state index < -0.39 is 64.9 Å². The molecule has 1 amide bonds. The number of esters is 2. The number of carbonyl (C=O) groups is 3. The molecule has 96 heavy (non-hydrogen) atoms. The molecule has 0 spiro atoms. The number of ether oxygens (including phenoxy) is 6. The number of isocyanates is 1. The lowest BCUT2D eigenvalue weighted by Gasteiger charge is -2.41. The largest absolute Gasteiger partial charge is 0.460 e. The first kappa shape index (κ1) is 81.8. The Morgan fingerprint density at radius 2 is 0.969 bits per heavy atom. The van der Waals surface area contributed by atoms with E-state index in [1.807, 2.05) is 57.8 Å². The van der Waals surface area contributed by atoms with Gasteiger partial charge < -0.3 is 37.6 Å². The van der Waals surface area contributed by atoms with Gasteiger partial charge in [-0.2, -0.15) is 16.8 Å². The van der Waals surface area contributed by atoms with E-state index in [2.05, 4.69) is 39.6 Å². The zero-order chi connectivity index (χ0) is 70.1. The van der Waals surface area contributed by atoms with Crippen molar-refractivity contribution in [1.82, 2.24) is 13.9 Å².